The lowest BCUT2D eigenvalue weighted by Crippen LogP contribution is -2.39. The van der Waals surface area contributed by atoms with Crippen LogP contribution in [0, 0.1) is 5.41 Å². The molecule has 4 nitrogen and oxygen atoms in total. The second kappa shape index (κ2) is 4.30. The van der Waals surface area contributed by atoms with Gasteiger partial charge >= 0.3 is 0 Å². The van der Waals surface area contributed by atoms with E-state index >= 15 is 0 Å². The van der Waals surface area contributed by atoms with Crippen LogP contribution in [0.4, 0.5) is 0 Å². The Morgan fingerprint density at radius 2 is 2.08 bits per heavy atom. The third kappa shape index (κ3) is 2.37. The van der Waals surface area contributed by atoms with E-state index in [1.807, 2.05) is 4.90 Å². The van der Waals surface area contributed by atoms with Crippen LogP contribution in [-0.2, 0) is 0 Å². The van der Waals surface area contributed by atoms with Crippen LogP contribution in [0.25, 0.3) is 0 Å². The van der Waals surface area contributed by atoms with Gasteiger partial charge in [0.2, 0.25) is 0 Å². The summed E-state index contributed by atoms with van der Waals surface area (Å²) in [7, 11) is 0. The van der Waals surface area contributed by atoms with Gasteiger partial charge in [-0.15, -0.1) is 0 Å². The molecule has 1 rings (SSSR count). The minimum atomic E-state index is 0.216. The lowest BCUT2D eigenvalue weighted by Gasteiger charge is -2.20. The van der Waals surface area contributed by atoms with Crippen molar-refractivity contribution in [2.45, 2.75) is 13.3 Å². The molecule has 0 aliphatic carbocycles. The number of hydrogen-bond acceptors (Lipinski definition) is 2. The molecule has 0 aromatic rings. The molecule has 0 aromatic carbocycles. The highest BCUT2D eigenvalue weighted by atomic mass is 15.3. The summed E-state index contributed by atoms with van der Waals surface area (Å²) in [5, 5.41) is 7.29. The summed E-state index contributed by atoms with van der Waals surface area (Å²) >= 11 is 0. The Morgan fingerprint density at radius 1 is 1.33 bits per heavy atom. The van der Waals surface area contributed by atoms with E-state index in [2.05, 4.69) is 11.8 Å². The van der Waals surface area contributed by atoms with E-state index < -0.39 is 0 Å². The Morgan fingerprint density at radius 3 is 2.67 bits per heavy atom. The number of rotatable bonds is 1. The topological polar surface area (TPSA) is 56.4 Å². The fourth-order valence-electron chi connectivity index (χ4n) is 1.53. The van der Waals surface area contributed by atoms with Crippen molar-refractivity contribution in [1.29, 1.82) is 5.41 Å². The molecule has 4 heteroatoms. The first-order chi connectivity index (χ1) is 5.74. The zero-order chi connectivity index (χ0) is 8.97. The molecule has 12 heavy (non-hydrogen) atoms. The maximum Gasteiger partial charge on any atom is 0.188 e. The molecular formula is C8H18N4. The fraction of sp³-hybridized carbons (Fsp3) is 0.875. The summed E-state index contributed by atoms with van der Waals surface area (Å²) in [4.78, 5) is 4.33. The van der Waals surface area contributed by atoms with Gasteiger partial charge in [0.05, 0.1) is 0 Å². The van der Waals surface area contributed by atoms with E-state index in [4.69, 9.17) is 11.1 Å². The summed E-state index contributed by atoms with van der Waals surface area (Å²) in [6.07, 6.45) is 1.12. The van der Waals surface area contributed by atoms with Crippen molar-refractivity contribution in [2.75, 3.05) is 32.7 Å². The summed E-state index contributed by atoms with van der Waals surface area (Å²) in [6.45, 7) is 7.29. The van der Waals surface area contributed by atoms with Crippen molar-refractivity contribution in [3.8, 4) is 0 Å². The van der Waals surface area contributed by atoms with E-state index in [1.165, 1.54) is 0 Å². The van der Waals surface area contributed by atoms with Gasteiger partial charge in [0.25, 0.3) is 0 Å². The van der Waals surface area contributed by atoms with Gasteiger partial charge in [-0.25, -0.2) is 0 Å². The smallest absolute Gasteiger partial charge is 0.188 e. The van der Waals surface area contributed by atoms with Crippen LogP contribution >= 0.6 is 0 Å². The monoisotopic (exact) mass is 170 g/mol. The fourth-order valence-corrected chi connectivity index (χ4v) is 1.53. The first kappa shape index (κ1) is 9.32. The predicted molar refractivity (Wildman–Crippen MR) is 50.2 cm³/mol. The summed E-state index contributed by atoms with van der Waals surface area (Å²) < 4.78 is 0. The van der Waals surface area contributed by atoms with E-state index in [0.29, 0.717) is 0 Å². The maximum atomic E-state index is 7.29. The normalized spacial score (nSPS) is 20.6. The minimum Gasteiger partial charge on any atom is -0.370 e. The van der Waals surface area contributed by atoms with Gasteiger partial charge in [0, 0.05) is 19.6 Å². The second-order valence-corrected chi connectivity index (χ2v) is 3.16. The molecule has 0 aromatic heterocycles. The molecule has 0 radical (unpaired) electrons. The zero-order valence-electron chi connectivity index (χ0n) is 7.71. The van der Waals surface area contributed by atoms with Crippen LogP contribution in [0.5, 0.6) is 0 Å². The Balaban J connectivity index is 2.39. The van der Waals surface area contributed by atoms with Crippen LogP contribution < -0.4 is 5.73 Å². The van der Waals surface area contributed by atoms with E-state index in [0.717, 1.165) is 39.1 Å². The first-order valence-corrected chi connectivity index (χ1v) is 4.55. The van der Waals surface area contributed by atoms with Crippen molar-refractivity contribution in [2.24, 2.45) is 5.73 Å². The Labute approximate surface area is 73.8 Å². The molecule has 0 saturated carbocycles. The number of hydrogen-bond donors (Lipinski definition) is 2. The van der Waals surface area contributed by atoms with E-state index in [9.17, 15) is 0 Å². The van der Waals surface area contributed by atoms with Crippen LogP contribution in [0.3, 0.4) is 0 Å². The van der Waals surface area contributed by atoms with Gasteiger partial charge in [-0.1, -0.05) is 6.92 Å². The molecule has 1 heterocycles. The Hall–Kier alpha value is -0.770. The molecule has 3 N–H and O–H groups in total. The molecule has 1 aliphatic heterocycles. The lowest BCUT2D eigenvalue weighted by atomic mass is 10.4. The third-order valence-corrected chi connectivity index (χ3v) is 2.38. The summed E-state index contributed by atoms with van der Waals surface area (Å²) in [6, 6.07) is 0. The largest absolute Gasteiger partial charge is 0.370 e. The van der Waals surface area contributed by atoms with Gasteiger partial charge in [0.15, 0.2) is 5.96 Å². The number of nitrogens with zero attached hydrogens (tertiary/aromatic N) is 2. The molecule has 70 valence electrons. The van der Waals surface area contributed by atoms with Crippen molar-refractivity contribution in [3.05, 3.63) is 0 Å². The molecule has 0 atom stereocenters. The molecule has 0 spiro atoms. The number of nitrogens with two attached hydrogens (primary N) is 1. The highest BCUT2D eigenvalue weighted by Crippen LogP contribution is 2.01. The van der Waals surface area contributed by atoms with Crippen LogP contribution in [0.2, 0.25) is 0 Å². The molecule has 0 bridgehead atoms. The van der Waals surface area contributed by atoms with E-state index in [-0.39, 0.29) is 5.96 Å². The minimum absolute atomic E-state index is 0.216. The van der Waals surface area contributed by atoms with Gasteiger partial charge < -0.3 is 15.5 Å². The molecule has 1 aliphatic rings. The first-order valence-electron chi connectivity index (χ1n) is 4.55. The SMILES string of the molecule is CCN1CCCN(C(=N)N)CC1. The van der Waals surface area contributed by atoms with Gasteiger partial charge in [-0.2, -0.15) is 0 Å². The average molecular weight is 170 g/mol. The van der Waals surface area contributed by atoms with Crippen LogP contribution in [0.1, 0.15) is 13.3 Å². The average Bonchev–Trinajstić information content (AvgIpc) is 2.28. The van der Waals surface area contributed by atoms with Gasteiger partial charge in [0.1, 0.15) is 0 Å². The molecular weight excluding hydrogens is 152 g/mol. The Bertz CT molecular complexity index is 157. The summed E-state index contributed by atoms with van der Waals surface area (Å²) in [5.41, 5.74) is 5.41. The van der Waals surface area contributed by atoms with Crippen molar-refractivity contribution >= 4 is 5.96 Å². The van der Waals surface area contributed by atoms with Crippen LogP contribution in [-0.4, -0.2) is 48.5 Å². The predicted octanol–water partition coefficient (Wildman–Crippen LogP) is -0.0925. The van der Waals surface area contributed by atoms with Gasteiger partial charge in [-0.05, 0) is 19.5 Å². The molecule has 1 saturated heterocycles. The van der Waals surface area contributed by atoms with Crippen LogP contribution in [0.15, 0.2) is 0 Å². The molecule has 0 amide bonds. The third-order valence-electron chi connectivity index (χ3n) is 2.38. The van der Waals surface area contributed by atoms with Crippen molar-refractivity contribution < 1.29 is 0 Å². The standard InChI is InChI=1S/C8H18N4/c1-2-11-4-3-5-12(7-6-11)8(9)10/h2-7H2,1H3,(H3,9,10). The lowest BCUT2D eigenvalue weighted by molar-refractivity contribution is 0.300. The zero-order valence-corrected chi connectivity index (χ0v) is 7.71. The highest BCUT2D eigenvalue weighted by Gasteiger charge is 2.13. The van der Waals surface area contributed by atoms with Crippen molar-refractivity contribution in [3.63, 3.8) is 0 Å². The quantitative estimate of drug-likeness (QED) is 0.427. The summed E-state index contributed by atoms with van der Waals surface area (Å²) in [5.74, 6) is 0.216. The number of nitrogens with one attached hydrogen (secondary N) is 1. The van der Waals surface area contributed by atoms with Gasteiger partial charge in [-0.3, -0.25) is 5.41 Å². The maximum absolute atomic E-state index is 7.29. The number of likely N-dealkylation sites (N-methyl/N-ethyl adjacent to an activating group) is 1. The second-order valence-electron chi connectivity index (χ2n) is 3.16. The van der Waals surface area contributed by atoms with Crippen molar-refractivity contribution in [1.82, 2.24) is 9.80 Å². The highest BCUT2D eigenvalue weighted by molar-refractivity contribution is 5.74. The van der Waals surface area contributed by atoms with E-state index in [1.54, 1.807) is 0 Å². The Kier molecular flexibility index (Phi) is 3.34. The number of guanidine groups is 1. The molecule has 0 unspecified atom stereocenters. The molecule has 1 fully saturated rings.